The maximum Gasteiger partial charge on any atom is 0.305 e. The molecule has 1 atom stereocenters. The minimum absolute atomic E-state index is 0.0785. The van der Waals surface area contributed by atoms with E-state index in [-0.39, 0.29) is 36.1 Å². The number of carbonyl (C=O) groups is 2. The molecular formula is C18H20N2O5. The number of nitrogens with zero attached hydrogens (tertiary/aromatic N) is 1. The molecule has 0 spiro atoms. The number of carbonyl (C=O) groups excluding carboxylic acids is 1. The molecule has 2 aromatic rings. The molecule has 7 nitrogen and oxygen atoms in total. The summed E-state index contributed by atoms with van der Waals surface area (Å²) in [4.78, 5) is 40.1. The number of benzene rings is 1. The number of aromatic amines is 1. The predicted octanol–water partition coefficient (Wildman–Crippen LogP) is 1.62. The standard InChI is InChI=1S/C18H20N2O5/c21-16-10-14(13-5-1-2-6-15(13)19-16)18(24)20(8-7-17(22)23)11-12-4-3-9-25-12/h1-2,5-6,10,12H,3-4,7-9,11H2,(H,19,21)(H,22,23). The van der Waals surface area contributed by atoms with Gasteiger partial charge in [-0.05, 0) is 18.9 Å². The van der Waals surface area contributed by atoms with Gasteiger partial charge in [-0.2, -0.15) is 0 Å². The fraction of sp³-hybridized carbons (Fsp3) is 0.389. The van der Waals surface area contributed by atoms with E-state index in [1.807, 2.05) is 0 Å². The number of hydrogen-bond donors (Lipinski definition) is 2. The number of fused-ring (bicyclic) bond motifs is 1. The molecule has 25 heavy (non-hydrogen) atoms. The number of rotatable bonds is 6. The molecule has 1 aliphatic rings. The summed E-state index contributed by atoms with van der Waals surface area (Å²) in [6, 6.07) is 8.34. The van der Waals surface area contributed by atoms with Gasteiger partial charge in [0.1, 0.15) is 0 Å². The van der Waals surface area contributed by atoms with E-state index in [9.17, 15) is 14.4 Å². The summed E-state index contributed by atoms with van der Waals surface area (Å²) in [7, 11) is 0. The topological polar surface area (TPSA) is 99.7 Å². The van der Waals surface area contributed by atoms with Gasteiger partial charge in [-0.1, -0.05) is 18.2 Å². The highest BCUT2D eigenvalue weighted by molar-refractivity contribution is 6.06. The summed E-state index contributed by atoms with van der Waals surface area (Å²) in [5.41, 5.74) is 0.494. The van der Waals surface area contributed by atoms with Crippen LogP contribution in [0.5, 0.6) is 0 Å². The Morgan fingerprint density at radius 3 is 2.84 bits per heavy atom. The lowest BCUT2D eigenvalue weighted by Crippen LogP contribution is -2.39. The Hall–Kier alpha value is -2.67. The van der Waals surface area contributed by atoms with Gasteiger partial charge in [-0.25, -0.2) is 0 Å². The second-order valence-electron chi connectivity index (χ2n) is 6.12. The van der Waals surface area contributed by atoms with Gasteiger partial charge < -0.3 is 19.7 Å². The molecule has 3 rings (SSSR count). The van der Waals surface area contributed by atoms with Crippen molar-refractivity contribution in [2.45, 2.75) is 25.4 Å². The van der Waals surface area contributed by atoms with Gasteiger partial charge in [0, 0.05) is 36.7 Å². The normalized spacial score (nSPS) is 16.9. The van der Waals surface area contributed by atoms with Gasteiger partial charge in [0.25, 0.3) is 5.91 Å². The molecule has 1 amide bonds. The second kappa shape index (κ2) is 7.48. The van der Waals surface area contributed by atoms with Gasteiger partial charge in [0.05, 0.1) is 18.1 Å². The average Bonchev–Trinajstić information content (AvgIpc) is 3.10. The van der Waals surface area contributed by atoms with Gasteiger partial charge in [0.2, 0.25) is 5.56 Å². The zero-order valence-corrected chi connectivity index (χ0v) is 13.7. The van der Waals surface area contributed by atoms with Crippen LogP contribution in [0.15, 0.2) is 35.1 Å². The van der Waals surface area contributed by atoms with E-state index in [4.69, 9.17) is 9.84 Å². The molecular weight excluding hydrogens is 324 g/mol. The van der Waals surface area contributed by atoms with Gasteiger partial charge >= 0.3 is 5.97 Å². The first-order valence-electron chi connectivity index (χ1n) is 8.29. The van der Waals surface area contributed by atoms with Crippen molar-refractivity contribution in [3.63, 3.8) is 0 Å². The minimum Gasteiger partial charge on any atom is -0.481 e. The highest BCUT2D eigenvalue weighted by atomic mass is 16.5. The van der Waals surface area contributed by atoms with E-state index in [0.29, 0.717) is 24.1 Å². The zero-order chi connectivity index (χ0) is 17.8. The van der Waals surface area contributed by atoms with Crippen LogP contribution in [0.25, 0.3) is 10.9 Å². The van der Waals surface area contributed by atoms with Crippen molar-refractivity contribution in [3.8, 4) is 0 Å². The number of amides is 1. The Kier molecular flexibility index (Phi) is 5.14. The average molecular weight is 344 g/mol. The Balaban J connectivity index is 1.93. The quantitative estimate of drug-likeness (QED) is 0.829. The summed E-state index contributed by atoms with van der Waals surface area (Å²) >= 11 is 0. The number of ether oxygens (including phenoxy) is 1. The number of hydrogen-bond acceptors (Lipinski definition) is 4. The monoisotopic (exact) mass is 344 g/mol. The van der Waals surface area contributed by atoms with Crippen molar-refractivity contribution < 1.29 is 19.4 Å². The molecule has 0 radical (unpaired) electrons. The summed E-state index contributed by atoms with van der Waals surface area (Å²) in [5, 5.41) is 9.61. The highest BCUT2D eigenvalue weighted by Crippen LogP contribution is 2.19. The lowest BCUT2D eigenvalue weighted by atomic mass is 10.1. The smallest absolute Gasteiger partial charge is 0.305 e. The first kappa shape index (κ1) is 17.2. The molecule has 0 bridgehead atoms. The van der Waals surface area contributed by atoms with E-state index < -0.39 is 5.97 Å². The van der Waals surface area contributed by atoms with Crippen LogP contribution in [-0.2, 0) is 9.53 Å². The SMILES string of the molecule is O=C(O)CCN(CC1CCCO1)C(=O)c1cc(=O)[nH]c2ccccc12. The third kappa shape index (κ3) is 4.06. The molecule has 1 fully saturated rings. The molecule has 1 unspecified atom stereocenters. The third-order valence-corrected chi connectivity index (χ3v) is 4.31. The third-order valence-electron chi connectivity index (χ3n) is 4.31. The number of carboxylic acids is 1. The molecule has 1 saturated heterocycles. The van der Waals surface area contributed by atoms with Gasteiger partial charge in [-0.15, -0.1) is 0 Å². The van der Waals surface area contributed by atoms with E-state index in [1.165, 1.54) is 11.0 Å². The van der Waals surface area contributed by atoms with Gasteiger partial charge in [-0.3, -0.25) is 14.4 Å². The van der Waals surface area contributed by atoms with Crippen LogP contribution in [0.1, 0.15) is 29.6 Å². The van der Waals surface area contributed by atoms with Crippen molar-refractivity contribution in [2.24, 2.45) is 0 Å². The van der Waals surface area contributed by atoms with E-state index in [0.717, 1.165) is 12.8 Å². The highest BCUT2D eigenvalue weighted by Gasteiger charge is 2.25. The molecule has 0 saturated carbocycles. The van der Waals surface area contributed by atoms with Crippen molar-refractivity contribution in [1.29, 1.82) is 0 Å². The molecule has 2 N–H and O–H groups in total. The summed E-state index contributed by atoms with van der Waals surface area (Å²) < 4.78 is 5.58. The fourth-order valence-electron chi connectivity index (χ4n) is 3.09. The van der Waals surface area contributed by atoms with Gasteiger partial charge in [0.15, 0.2) is 0 Å². The lowest BCUT2D eigenvalue weighted by Gasteiger charge is -2.25. The molecule has 1 aromatic carbocycles. The van der Waals surface area contributed by atoms with Crippen molar-refractivity contribution in [1.82, 2.24) is 9.88 Å². The molecule has 1 aromatic heterocycles. The van der Waals surface area contributed by atoms with Crippen LogP contribution >= 0.6 is 0 Å². The second-order valence-corrected chi connectivity index (χ2v) is 6.12. The summed E-state index contributed by atoms with van der Waals surface area (Å²) in [6.45, 7) is 1.06. The fourth-order valence-corrected chi connectivity index (χ4v) is 3.09. The Morgan fingerprint density at radius 1 is 1.32 bits per heavy atom. The summed E-state index contributed by atoms with van der Waals surface area (Å²) in [6.07, 6.45) is 1.53. The Bertz CT molecular complexity index is 839. The molecule has 7 heteroatoms. The van der Waals surface area contributed by atoms with Crippen LogP contribution in [0.3, 0.4) is 0 Å². The van der Waals surface area contributed by atoms with Crippen LogP contribution in [-0.4, -0.2) is 52.7 Å². The maximum absolute atomic E-state index is 13.0. The van der Waals surface area contributed by atoms with Crippen molar-refractivity contribution in [3.05, 3.63) is 46.2 Å². The number of aliphatic carboxylic acids is 1. The van der Waals surface area contributed by atoms with Crippen LogP contribution in [0, 0.1) is 0 Å². The predicted molar refractivity (Wildman–Crippen MR) is 91.7 cm³/mol. The first-order chi connectivity index (χ1) is 12.0. The molecule has 0 aliphatic carbocycles. The first-order valence-corrected chi connectivity index (χ1v) is 8.29. The van der Waals surface area contributed by atoms with Crippen LogP contribution in [0.4, 0.5) is 0 Å². The Morgan fingerprint density at radius 2 is 2.12 bits per heavy atom. The Labute approximate surface area is 144 Å². The largest absolute Gasteiger partial charge is 0.481 e. The van der Waals surface area contributed by atoms with Crippen molar-refractivity contribution in [2.75, 3.05) is 19.7 Å². The number of carboxylic acid groups (broad SMARTS) is 1. The minimum atomic E-state index is -0.971. The molecule has 2 heterocycles. The number of aromatic nitrogens is 1. The zero-order valence-electron chi connectivity index (χ0n) is 13.7. The van der Waals surface area contributed by atoms with E-state index >= 15 is 0 Å². The van der Waals surface area contributed by atoms with Crippen LogP contribution in [0.2, 0.25) is 0 Å². The number of pyridine rings is 1. The lowest BCUT2D eigenvalue weighted by molar-refractivity contribution is -0.137. The van der Waals surface area contributed by atoms with E-state index in [1.54, 1.807) is 24.3 Å². The number of para-hydroxylation sites is 1. The van der Waals surface area contributed by atoms with E-state index in [2.05, 4.69) is 4.98 Å². The molecule has 1 aliphatic heterocycles. The number of nitrogens with one attached hydrogen (secondary N) is 1. The summed E-state index contributed by atoms with van der Waals surface area (Å²) in [5.74, 6) is -1.32. The molecule has 132 valence electrons. The number of H-pyrrole nitrogens is 1. The maximum atomic E-state index is 13.0. The van der Waals surface area contributed by atoms with Crippen LogP contribution < -0.4 is 5.56 Å². The van der Waals surface area contributed by atoms with Crippen molar-refractivity contribution >= 4 is 22.8 Å².